The number of carbonyl (C=O) groups is 1. The molecule has 0 saturated carbocycles. The summed E-state index contributed by atoms with van der Waals surface area (Å²) < 4.78 is 11.1. The number of benzene rings is 1. The van der Waals surface area contributed by atoms with E-state index in [2.05, 4.69) is 26.9 Å². The Hall–Kier alpha value is -2.44. The van der Waals surface area contributed by atoms with Gasteiger partial charge >= 0.3 is 0 Å². The summed E-state index contributed by atoms with van der Waals surface area (Å²) in [4.78, 5) is 21.6. The van der Waals surface area contributed by atoms with Gasteiger partial charge in [-0.25, -0.2) is 0 Å². The van der Waals surface area contributed by atoms with Crippen molar-refractivity contribution < 1.29 is 14.3 Å². The lowest BCUT2D eigenvalue weighted by Crippen LogP contribution is -2.54. The fourth-order valence-corrected chi connectivity index (χ4v) is 4.52. The van der Waals surface area contributed by atoms with Crippen molar-refractivity contribution >= 4 is 5.91 Å². The summed E-state index contributed by atoms with van der Waals surface area (Å²) in [5, 5.41) is 0. The Balaban J connectivity index is 1.37. The predicted octanol–water partition coefficient (Wildman–Crippen LogP) is 2.77. The first-order valence-corrected chi connectivity index (χ1v) is 10.8. The topological polar surface area (TPSA) is 54.9 Å². The Kier molecular flexibility index (Phi) is 6.97. The minimum Gasteiger partial charge on any atom is -0.497 e. The molecule has 2 aliphatic rings. The smallest absolute Gasteiger partial charge is 0.222 e. The second kappa shape index (κ2) is 10.0. The van der Waals surface area contributed by atoms with Crippen LogP contribution in [0.4, 0.5) is 0 Å². The molecule has 3 heterocycles. The molecule has 2 saturated heterocycles. The van der Waals surface area contributed by atoms with Crippen LogP contribution in [0.2, 0.25) is 0 Å². The Labute approximate surface area is 178 Å². The Morgan fingerprint density at radius 1 is 1.13 bits per heavy atom. The minimum absolute atomic E-state index is 0.248. The lowest BCUT2D eigenvalue weighted by Gasteiger charge is -2.42. The van der Waals surface area contributed by atoms with Crippen LogP contribution >= 0.6 is 0 Å². The highest BCUT2D eigenvalue weighted by atomic mass is 16.5. The van der Waals surface area contributed by atoms with E-state index in [4.69, 9.17) is 9.47 Å². The summed E-state index contributed by atoms with van der Waals surface area (Å²) in [6.45, 7) is 4.95. The molecule has 6 nitrogen and oxygen atoms in total. The van der Waals surface area contributed by atoms with Gasteiger partial charge in [-0.15, -0.1) is 0 Å². The first kappa shape index (κ1) is 20.8. The molecule has 0 bridgehead atoms. The molecule has 30 heavy (non-hydrogen) atoms. The van der Waals surface area contributed by atoms with Crippen molar-refractivity contribution in [1.82, 2.24) is 14.8 Å². The van der Waals surface area contributed by atoms with Crippen molar-refractivity contribution in [2.75, 3.05) is 40.0 Å². The van der Waals surface area contributed by atoms with E-state index in [0.29, 0.717) is 18.4 Å². The molecule has 2 fully saturated rings. The van der Waals surface area contributed by atoms with Crippen LogP contribution in [-0.2, 0) is 22.5 Å². The van der Waals surface area contributed by atoms with Gasteiger partial charge in [0.15, 0.2) is 0 Å². The van der Waals surface area contributed by atoms with Crippen LogP contribution in [0.15, 0.2) is 48.8 Å². The molecular formula is C24H31N3O3. The van der Waals surface area contributed by atoms with E-state index in [9.17, 15) is 4.79 Å². The molecule has 2 aromatic rings. The van der Waals surface area contributed by atoms with E-state index in [-0.39, 0.29) is 5.91 Å². The number of rotatable bonds is 6. The molecule has 0 N–H and O–H groups in total. The third-order valence-corrected chi connectivity index (χ3v) is 6.32. The van der Waals surface area contributed by atoms with Crippen LogP contribution in [0.3, 0.4) is 0 Å². The maximum atomic E-state index is 13.0. The number of hydrogen-bond donors (Lipinski definition) is 0. The summed E-state index contributed by atoms with van der Waals surface area (Å²) in [5.74, 6) is 1.58. The summed E-state index contributed by atoms with van der Waals surface area (Å²) >= 11 is 0. The normalized spacial score (nSPS) is 22.2. The zero-order valence-corrected chi connectivity index (χ0v) is 17.7. The van der Waals surface area contributed by atoms with E-state index < -0.39 is 0 Å². The zero-order chi connectivity index (χ0) is 20.8. The fourth-order valence-electron chi connectivity index (χ4n) is 4.52. The Morgan fingerprint density at radius 3 is 2.70 bits per heavy atom. The predicted molar refractivity (Wildman–Crippen MR) is 115 cm³/mol. The molecule has 1 amide bonds. The summed E-state index contributed by atoms with van der Waals surface area (Å²) in [6, 6.07) is 12.5. The molecule has 6 heteroatoms. The lowest BCUT2D eigenvalue weighted by atomic mass is 9.90. The molecule has 0 radical (unpaired) electrons. The minimum atomic E-state index is 0.248. The first-order chi connectivity index (χ1) is 14.7. The molecule has 1 aromatic heterocycles. The third kappa shape index (κ3) is 5.18. The van der Waals surface area contributed by atoms with Gasteiger partial charge in [-0.1, -0.05) is 12.1 Å². The van der Waals surface area contributed by atoms with Crippen molar-refractivity contribution in [2.24, 2.45) is 5.92 Å². The molecule has 0 unspecified atom stereocenters. The lowest BCUT2D eigenvalue weighted by molar-refractivity contribution is -0.134. The van der Waals surface area contributed by atoms with Crippen LogP contribution in [0.25, 0.3) is 0 Å². The first-order valence-electron chi connectivity index (χ1n) is 10.8. The van der Waals surface area contributed by atoms with Gasteiger partial charge in [0.2, 0.25) is 5.91 Å². The number of fused-ring (bicyclic) bond motifs is 1. The van der Waals surface area contributed by atoms with Crippen molar-refractivity contribution in [2.45, 2.75) is 31.8 Å². The largest absolute Gasteiger partial charge is 0.497 e. The van der Waals surface area contributed by atoms with E-state index in [1.807, 2.05) is 36.7 Å². The summed E-state index contributed by atoms with van der Waals surface area (Å²) in [5.41, 5.74) is 2.43. The van der Waals surface area contributed by atoms with Crippen molar-refractivity contribution in [3.8, 4) is 5.75 Å². The maximum absolute atomic E-state index is 13.0. The number of likely N-dealkylation sites (tertiary alicyclic amines) is 1. The Morgan fingerprint density at radius 2 is 1.93 bits per heavy atom. The van der Waals surface area contributed by atoms with Gasteiger partial charge in [0, 0.05) is 57.0 Å². The number of methoxy groups -OCH3 is 1. The molecule has 2 aliphatic heterocycles. The average molecular weight is 410 g/mol. The van der Waals surface area contributed by atoms with Gasteiger partial charge in [-0.05, 0) is 48.2 Å². The fraction of sp³-hybridized carbons (Fsp3) is 0.500. The van der Waals surface area contributed by atoms with Gasteiger partial charge in [-0.2, -0.15) is 0 Å². The average Bonchev–Trinajstić information content (AvgIpc) is 3.00. The van der Waals surface area contributed by atoms with E-state index in [1.54, 1.807) is 7.11 Å². The number of aryl methyl sites for hydroxylation is 1. The van der Waals surface area contributed by atoms with E-state index in [1.165, 1.54) is 11.1 Å². The number of pyridine rings is 1. The number of aromatic nitrogens is 1. The molecule has 0 aliphatic carbocycles. The number of carbonyl (C=O) groups excluding carboxylic acids is 1. The van der Waals surface area contributed by atoms with Crippen LogP contribution < -0.4 is 4.74 Å². The molecule has 0 spiro atoms. The standard InChI is InChI=1S/C24H31N3O3/c1-29-22-5-2-19(3-6-22)4-7-24(28)27-13-10-21-18-30-15-14-26(23(21)17-27)16-20-8-11-25-12-9-20/h2-3,5-6,8-9,11-12,21,23H,4,7,10,13-18H2,1H3/t21-,23-/m1/s1. The highest BCUT2D eigenvalue weighted by Gasteiger charge is 2.36. The summed E-state index contributed by atoms with van der Waals surface area (Å²) in [6.07, 6.45) is 6.00. The van der Waals surface area contributed by atoms with E-state index >= 15 is 0 Å². The highest BCUT2D eigenvalue weighted by Crippen LogP contribution is 2.27. The molecule has 1 aromatic carbocycles. The molecular weight excluding hydrogens is 378 g/mol. The van der Waals surface area contributed by atoms with Gasteiger partial charge in [-0.3, -0.25) is 14.7 Å². The van der Waals surface area contributed by atoms with Gasteiger partial charge in [0.05, 0.1) is 20.3 Å². The van der Waals surface area contributed by atoms with Crippen LogP contribution in [0.5, 0.6) is 5.75 Å². The van der Waals surface area contributed by atoms with Crippen LogP contribution in [0, 0.1) is 5.92 Å². The molecule has 4 rings (SSSR count). The quantitative estimate of drug-likeness (QED) is 0.734. The van der Waals surface area contributed by atoms with Gasteiger partial charge in [0.25, 0.3) is 0 Å². The van der Waals surface area contributed by atoms with E-state index in [0.717, 1.165) is 58.0 Å². The monoisotopic (exact) mass is 409 g/mol. The third-order valence-electron chi connectivity index (χ3n) is 6.32. The summed E-state index contributed by atoms with van der Waals surface area (Å²) in [7, 11) is 1.67. The second-order valence-corrected chi connectivity index (χ2v) is 8.20. The number of hydrogen-bond acceptors (Lipinski definition) is 5. The Bertz CT molecular complexity index is 812. The van der Waals surface area contributed by atoms with Gasteiger partial charge in [0.1, 0.15) is 5.75 Å². The van der Waals surface area contributed by atoms with Crippen LogP contribution in [-0.4, -0.2) is 66.7 Å². The van der Waals surface area contributed by atoms with Crippen molar-refractivity contribution in [3.63, 3.8) is 0 Å². The second-order valence-electron chi connectivity index (χ2n) is 8.20. The van der Waals surface area contributed by atoms with Crippen molar-refractivity contribution in [1.29, 1.82) is 0 Å². The number of nitrogens with zero attached hydrogens (tertiary/aromatic N) is 3. The highest BCUT2D eigenvalue weighted by molar-refractivity contribution is 5.76. The van der Waals surface area contributed by atoms with Crippen LogP contribution in [0.1, 0.15) is 24.0 Å². The number of amides is 1. The van der Waals surface area contributed by atoms with Crippen molar-refractivity contribution in [3.05, 3.63) is 59.9 Å². The van der Waals surface area contributed by atoms with Gasteiger partial charge < -0.3 is 14.4 Å². The molecule has 160 valence electrons. The molecule has 2 atom stereocenters. The number of ether oxygens (including phenoxy) is 2. The maximum Gasteiger partial charge on any atom is 0.222 e. The zero-order valence-electron chi connectivity index (χ0n) is 17.7. The number of piperidine rings is 1. The SMILES string of the molecule is COc1ccc(CCC(=O)N2CC[C@@H]3COCCN(Cc4ccncc4)[C@@H]3C2)cc1.